The first-order chi connectivity index (χ1) is 8.95. The van der Waals surface area contributed by atoms with Gasteiger partial charge in [-0.3, -0.25) is 0 Å². The van der Waals surface area contributed by atoms with Gasteiger partial charge in [0, 0.05) is 26.1 Å². The lowest BCUT2D eigenvalue weighted by Gasteiger charge is -2.14. The van der Waals surface area contributed by atoms with Crippen molar-refractivity contribution >= 4 is 10.0 Å². The van der Waals surface area contributed by atoms with E-state index in [2.05, 4.69) is 10.1 Å². The zero-order valence-corrected chi connectivity index (χ0v) is 11.8. The smallest absolute Gasteiger partial charge is 0.242 e. The Balaban J connectivity index is 2.34. The minimum atomic E-state index is -3.41. The van der Waals surface area contributed by atoms with Crippen LogP contribution in [0.25, 0.3) is 11.4 Å². The van der Waals surface area contributed by atoms with Gasteiger partial charge in [-0.05, 0) is 24.3 Å². The Kier molecular flexibility index (Phi) is 3.68. The van der Waals surface area contributed by atoms with Crippen LogP contribution >= 0.6 is 0 Å². The van der Waals surface area contributed by atoms with E-state index in [9.17, 15) is 8.42 Å². The summed E-state index contributed by atoms with van der Waals surface area (Å²) in [5, 5.41) is 3.78. The van der Waals surface area contributed by atoms with Crippen molar-refractivity contribution in [3.05, 3.63) is 30.2 Å². The predicted octanol–water partition coefficient (Wildman–Crippen LogP) is 1.69. The highest BCUT2D eigenvalue weighted by atomic mass is 32.2. The number of hydrogen-bond donors (Lipinski definition) is 0. The number of sulfonamides is 1. The lowest BCUT2D eigenvalue weighted by atomic mass is 10.2. The Morgan fingerprint density at radius 1 is 1.26 bits per heavy atom. The molecular weight excluding hydrogens is 266 g/mol. The third-order valence-electron chi connectivity index (χ3n) is 2.79. The second-order valence-electron chi connectivity index (χ2n) is 4.08. The average Bonchev–Trinajstić information content (AvgIpc) is 2.84. The summed E-state index contributed by atoms with van der Waals surface area (Å²) in [5.74, 6) is 0.919. The van der Waals surface area contributed by atoms with Crippen molar-refractivity contribution in [2.24, 2.45) is 0 Å². The topological polar surface area (TPSA) is 76.3 Å². The second-order valence-corrected chi connectivity index (χ2v) is 6.13. The van der Waals surface area contributed by atoms with Gasteiger partial charge in [-0.1, -0.05) is 12.1 Å². The highest BCUT2D eigenvalue weighted by molar-refractivity contribution is 7.89. The minimum Gasteiger partial charge on any atom is -0.339 e. The van der Waals surface area contributed by atoms with Crippen molar-refractivity contribution in [2.75, 3.05) is 13.6 Å². The molecule has 0 aliphatic heterocycles. The molecule has 1 aromatic carbocycles. The van der Waals surface area contributed by atoms with Crippen molar-refractivity contribution in [1.29, 1.82) is 0 Å². The Morgan fingerprint density at radius 2 is 1.89 bits per heavy atom. The highest BCUT2D eigenvalue weighted by Gasteiger charge is 2.19. The summed E-state index contributed by atoms with van der Waals surface area (Å²) in [4.78, 5) is 4.34. The summed E-state index contributed by atoms with van der Waals surface area (Å²) < 4.78 is 30.4. The largest absolute Gasteiger partial charge is 0.339 e. The molecule has 2 rings (SSSR count). The fourth-order valence-corrected chi connectivity index (χ4v) is 2.72. The molecule has 0 amide bonds. The Morgan fingerprint density at radius 3 is 2.37 bits per heavy atom. The van der Waals surface area contributed by atoms with E-state index in [0.717, 1.165) is 5.56 Å². The molecule has 1 aromatic heterocycles. The standard InChI is InChI=1S/C12H15N3O3S/c1-4-15(3)19(16,17)11-7-5-10(6-8-11)12-13-9(2)18-14-12/h5-8H,4H2,1-3H3. The van der Waals surface area contributed by atoms with Crippen molar-refractivity contribution in [3.8, 4) is 11.4 Å². The first-order valence-corrected chi connectivity index (χ1v) is 7.26. The average molecular weight is 281 g/mol. The number of hydrogen-bond acceptors (Lipinski definition) is 5. The van der Waals surface area contributed by atoms with Crippen LogP contribution in [0.3, 0.4) is 0 Å². The summed E-state index contributed by atoms with van der Waals surface area (Å²) in [6, 6.07) is 6.42. The number of rotatable bonds is 4. The van der Waals surface area contributed by atoms with Gasteiger partial charge >= 0.3 is 0 Å². The quantitative estimate of drug-likeness (QED) is 0.852. The van der Waals surface area contributed by atoms with Crippen LogP contribution in [-0.2, 0) is 10.0 Å². The van der Waals surface area contributed by atoms with Crippen LogP contribution in [0.4, 0.5) is 0 Å². The van der Waals surface area contributed by atoms with E-state index in [0.29, 0.717) is 18.3 Å². The van der Waals surface area contributed by atoms with Gasteiger partial charge in [-0.25, -0.2) is 12.7 Å². The maximum absolute atomic E-state index is 12.1. The van der Waals surface area contributed by atoms with Crippen molar-refractivity contribution in [1.82, 2.24) is 14.4 Å². The molecule has 0 aliphatic rings. The normalized spacial score (nSPS) is 12.0. The van der Waals surface area contributed by atoms with Crippen LogP contribution in [0.1, 0.15) is 12.8 Å². The van der Waals surface area contributed by atoms with Gasteiger partial charge in [-0.2, -0.15) is 4.98 Å². The Bertz CT molecular complexity index is 662. The maximum atomic E-state index is 12.1. The summed E-state index contributed by atoms with van der Waals surface area (Å²) >= 11 is 0. The number of nitrogens with zero attached hydrogens (tertiary/aromatic N) is 3. The van der Waals surface area contributed by atoms with Crippen molar-refractivity contribution in [3.63, 3.8) is 0 Å². The van der Waals surface area contributed by atoms with Gasteiger partial charge in [0.05, 0.1) is 4.90 Å². The molecule has 19 heavy (non-hydrogen) atoms. The molecule has 0 N–H and O–H groups in total. The van der Waals surface area contributed by atoms with E-state index in [-0.39, 0.29) is 4.90 Å². The van der Waals surface area contributed by atoms with Gasteiger partial charge in [0.15, 0.2) is 0 Å². The maximum Gasteiger partial charge on any atom is 0.242 e. The van der Waals surface area contributed by atoms with Crippen LogP contribution < -0.4 is 0 Å². The van der Waals surface area contributed by atoms with Gasteiger partial charge in [-0.15, -0.1) is 0 Å². The minimum absolute atomic E-state index is 0.251. The molecule has 0 saturated carbocycles. The fourth-order valence-electron chi connectivity index (χ4n) is 1.54. The number of benzene rings is 1. The van der Waals surface area contributed by atoms with Gasteiger partial charge in [0.2, 0.25) is 21.7 Å². The monoisotopic (exact) mass is 281 g/mol. The molecular formula is C12H15N3O3S. The van der Waals surface area contributed by atoms with Crippen LogP contribution in [0.5, 0.6) is 0 Å². The lowest BCUT2D eigenvalue weighted by molar-refractivity contribution is 0.394. The van der Waals surface area contributed by atoms with Crippen LogP contribution in [0, 0.1) is 6.92 Å². The molecule has 0 spiro atoms. The summed E-state index contributed by atoms with van der Waals surface area (Å²) in [6.07, 6.45) is 0. The molecule has 2 aromatic rings. The first-order valence-electron chi connectivity index (χ1n) is 5.82. The molecule has 7 heteroatoms. The molecule has 6 nitrogen and oxygen atoms in total. The van der Waals surface area contributed by atoms with E-state index in [1.807, 2.05) is 0 Å². The van der Waals surface area contributed by atoms with E-state index in [4.69, 9.17) is 4.52 Å². The van der Waals surface area contributed by atoms with Crippen molar-refractivity contribution in [2.45, 2.75) is 18.7 Å². The van der Waals surface area contributed by atoms with Gasteiger partial charge in [0.25, 0.3) is 0 Å². The molecule has 0 saturated heterocycles. The van der Waals surface area contributed by atoms with E-state index >= 15 is 0 Å². The molecule has 0 unspecified atom stereocenters. The van der Waals surface area contributed by atoms with Crippen LogP contribution in [-0.4, -0.2) is 36.5 Å². The van der Waals surface area contributed by atoms with E-state index in [1.54, 1.807) is 45.2 Å². The van der Waals surface area contributed by atoms with Crippen LogP contribution in [0.2, 0.25) is 0 Å². The van der Waals surface area contributed by atoms with Crippen LogP contribution in [0.15, 0.2) is 33.7 Å². The number of aromatic nitrogens is 2. The van der Waals surface area contributed by atoms with E-state index in [1.165, 1.54) is 4.31 Å². The fraction of sp³-hybridized carbons (Fsp3) is 0.333. The van der Waals surface area contributed by atoms with Gasteiger partial charge in [0.1, 0.15) is 0 Å². The first kappa shape index (κ1) is 13.7. The lowest BCUT2D eigenvalue weighted by Crippen LogP contribution is -2.26. The third kappa shape index (κ3) is 2.66. The van der Waals surface area contributed by atoms with Crippen molar-refractivity contribution < 1.29 is 12.9 Å². The van der Waals surface area contributed by atoms with Gasteiger partial charge < -0.3 is 4.52 Å². The predicted molar refractivity (Wildman–Crippen MR) is 70.0 cm³/mol. The molecule has 1 heterocycles. The molecule has 0 bridgehead atoms. The third-order valence-corrected chi connectivity index (χ3v) is 4.74. The zero-order chi connectivity index (χ0) is 14.0. The number of aryl methyl sites for hydroxylation is 1. The molecule has 0 aliphatic carbocycles. The summed E-state index contributed by atoms with van der Waals surface area (Å²) in [6.45, 7) is 3.91. The zero-order valence-electron chi connectivity index (χ0n) is 11.0. The summed E-state index contributed by atoms with van der Waals surface area (Å²) in [7, 11) is -1.87. The second kappa shape index (κ2) is 5.10. The molecule has 0 atom stereocenters. The SMILES string of the molecule is CCN(C)S(=O)(=O)c1ccc(-c2noc(C)n2)cc1. The summed E-state index contributed by atoms with van der Waals surface area (Å²) in [5.41, 5.74) is 0.718. The molecule has 0 radical (unpaired) electrons. The van der Waals surface area contributed by atoms with E-state index < -0.39 is 10.0 Å². The highest BCUT2D eigenvalue weighted by Crippen LogP contribution is 2.20. The molecule has 102 valence electrons. The Hall–Kier alpha value is -1.73. The molecule has 0 fully saturated rings. The Labute approximate surface area is 112 Å².